The average Bonchev–Trinajstić information content (AvgIpc) is 2.71. The first-order valence-corrected chi connectivity index (χ1v) is 6.04. The molecule has 0 bridgehead atoms. The first-order chi connectivity index (χ1) is 8.10. The summed E-state index contributed by atoms with van der Waals surface area (Å²) in [6, 6.07) is 7.63. The molecule has 92 valence electrons. The van der Waals surface area contributed by atoms with E-state index >= 15 is 0 Å². The Morgan fingerprint density at radius 3 is 2.82 bits per heavy atom. The van der Waals surface area contributed by atoms with Crippen molar-refractivity contribution in [2.45, 2.75) is 25.9 Å². The molecule has 0 fully saturated rings. The fraction of sp³-hybridized carbons (Fsp3) is 0.385. The van der Waals surface area contributed by atoms with Crippen LogP contribution in [-0.2, 0) is 0 Å². The van der Waals surface area contributed by atoms with E-state index in [0.29, 0.717) is 5.02 Å². The van der Waals surface area contributed by atoms with Crippen LogP contribution in [0.15, 0.2) is 28.7 Å². The van der Waals surface area contributed by atoms with Crippen LogP contribution in [0.3, 0.4) is 0 Å². The topological polar surface area (TPSA) is 45.4 Å². The molecule has 1 heterocycles. The first-order valence-electron chi connectivity index (χ1n) is 5.66. The molecule has 17 heavy (non-hydrogen) atoms. The fourth-order valence-electron chi connectivity index (χ4n) is 1.81. The lowest BCUT2D eigenvalue weighted by Gasteiger charge is -2.15. The standard InChI is InChI=1S/C13H16ClNO2/c1-8(7-16)15-9(2)13-6-10-5-11(14)3-4-12(10)17-13/h3-6,8-9,15-16H,7H2,1-2H3. The molecule has 0 aliphatic carbocycles. The van der Waals surface area contributed by atoms with Crippen LogP contribution in [-0.4, -0.2) is 17.8 Å². The Balaban J connectivity index is 2.24. The number of halogens is 1. The van der Waals surface area contributed by atoms with Gasteiger partial charge in [-0.2, -0.15) is 0 Å². The third-order valence-corrected chi connectivity index (χ3v) is 2.97. The maximum atomic E-state index is 9.00. The van der Waals surface area contributed by atoms with Gasteiger partial charge in [-0.3, -0.25) is 0 Å². The van der Waals surface area contributed by atoms with Crippen molar-refractivity contribution < 1.29 is 9.52 Å². The molecule has 2 atom stereocenters. The van der Waals surface area contributed by atoms with Crippen LogP contribution in [0.1, 0.15) is 25.6 Å². The van der Waals surface area contributed by atoms with Gasteiger partial charge < -0.3 is 14.8 Å². The highest BCUT2D eigenvalue weighted by Gasteiger charge is 2.13. The fourth-order valence-corrected chi connectivity index (χ4v) is 1.99. The summed E-state index contributed by atoms with van der Waals surface area (Å²) in [5.74, 6) is 0.850. The summed E-state index contributed by atoms with van der Waals surface area (Å²) in [6.45, 7) is 4.04. The Kier molecular flexibility index (Phi) is 3.72. The van der Waals surface area contributed by atoms with Crippen LogP contribution < -0.4 is 5.32 Å². The van der Waals surface area contributed by atoms with E-state index in [-0.39, 0.29) is 18.7 Å². The predicted octanol–water partition coefficient (Wildman–Crippen LogP) is 3.12. The summed E-state index contributed by atoms with van der Waals surface area (Å²) < 4.78 is 5.73. The molecule has 0 spiro atoms. The molecule has 4 heteroatoms. The van der Waals surface area contributed by atoms with Gasteiger partial charge in [-0.15, -0.1) is 0 Å². The number of benzene rings is 1. The molecular formula is C13H16ClNO2. The van der Waals surface area contributed by atoms with E-state index in [1.165, 1.54) is 0 Å². The van der Waals surface area contributed by atoms with Crippen molar-refractivity contribution >= 4 is 22.6 Å². The van der Waals surface area contributed by atoms with E-state index in [1.54, 1.807) is 0 Å². The molecular weight excluding hydrogens is 238 g/mol. The van der Waals surface area contributed by atoms with E-state index < -0.39 is 0 Å². The lowest BCUT2D eigenvalue weighted by molar-refractivity contribution is 0.239. The van der Waals surface area contributed by atoms with Gasteiger partial charge in [0.05, 0.1) is 12.6 Å². The zero-order valence-corrected chi connectivity index (χ0v) is 10.7. The summed E-state index contributed by atoms with van der Waals surface area (Å²) in [6.07, 6.45) is 0. The van der Waals surface area contributed by atoms with Crippen LogP contribution in [0, 0.1) is 0 Å². The molecule has 2 rings (SSSR count). The van der Waals surface area contributed by atoms with Gasteiger partial charge >= 0.3 is 0 Å². The van der Waals surface area contributed by atoms with E-state index in [9.17, 15) is 0 Å². The van der Waals surface area contributed by atoms with E-state index in [2.05, 4.69) is 5.32 Å². The van der Waals surface area contributed by atoms with Gasteiger partial charge in [0.1, 0.15) is 11.3 Å². The number of furan rings is 1. The number of rotatable bonds is 4. The molecule has 1 aromatic carbocycles. The highest BCUT2D eigenvalue weighted by atomic mass is 35.5. The molecule has 2 unspecified atom stereocenters. The lowest BCUT2D eigenvalue weighted by Crippen LogP contribution is -2.31. The lowest BCUT2D eigenvalue weighted by atomic mass is 10.2. The van der Waals surface area contributed by atoms with E-state index in [0.717, 1.165) is 16.7 Å². The van der Waals surface area contributed by atoms with Crippen LogP contribution >= 0.6 is 11.6 Å². The minimum absolute atomic E-state index is 0.0433. The monoisotopic (exact) mass is 253 g/mol. The van der Waals surface area contributed by atoms with Gasteiger partial charge in [0.2, 0.25) is 0 Å². The van der Waals surface area contributed by atoms with Gasteiger partial charge in [0.15, 0.2) is 0 Å². The predicted molar refractivity (Wildman–Crippen MR) is 69.3 cm³/mol. The van der Waals surface area contributed by atoms with Crippen LogP contribution in [0.25, 0.3) is 11.0 Å². The zero-order chi connectivity index (χ0) is 12.4. The summed E-state index contributed by atoms with van der Waals surface area (Å²) >= 11 is 5.92. The van der Waals surface area contributed by atoms with Gasteiger partial charge in [0.25, 0.3) is 0 Å². The van der Waals surface area contributed by atoms with Crippen molar-refractivity contribution in [1.29, 1.82) is 0 Å². The van der Waals surface area contributed by atoms with E-state index in [1.807, 2.05) is 38.1 Å². The third-order valence-electron chi connectivity index (χ3n) is 2.73. The summed E-state index contributed by atoms with van der Waals surface area (Å²) in [7, 11) is 0. The molecule has 0 aliphatic rings. The number of hydrogen-bond acceptors (Lipinski definition) is 3. The molecule has 0 amide bonds. The van der Waals surface area contributed by atoms with Crippen LogP contribution in [0.2, 0.25) is 5.02 Å². The molecule has 2 N–H and O–H groups in total. The normalized spacial score (nSPS) is 15.1. The molecule has 1 aromatic heterocycles. The molecule has 2 aromatic rings. The summed E-state index contributed by atoms with van der Waals surface area (Å²) in [4.78, 5) is 0. The SMILES string of the molecule is CC(CO)NC(C)c1cc2cc(Cl)ccc2o1. The first kappa shape index (κ1) is 12.4. The minimum Gasteiger partial charge on any atom is -0.459 e. The zero-order valence-electron chi connectivity index (χ0n) is 9.90. The van der Waals surface area contributed by atoms with Crippen molar-refractivity contribution in [3.05, 3.63) is 35.0 Å². The third kappa shape index (κ3) is 2.80. The Labute approximate surface area is 105 Å². The Morgan fingerprint density at radius 1 is 1.35 bits per heavy atom. The Morgan fingerprint density at radius 2 is 2.12 bits per heavy atom. The number of nitrogens with one attached hydrogen (secondary N) is 1. The summed E-state index contributed by atoms with van der Waals surface area (Å²) in [5, 5.41) is 13.9. The maximum absolute atomic E-state index is 9.00. The highest BCUT2D eigenvalue weighted by Crippen LogP contribution is 2.26. The van der Waals surface area contributed by atoms with Crippen LogP contribution in [0.4, 0.5) is 0 Å². The Hall–Kier alpha value is -1.03. The maximum Gasteiger partial charge on any atom is 0.134 e. The van der Waals surface area contributed by atoms with Crippen molar-refractivity contribution in [3.63, 3.8) is 0 Å². The molecule has 0 radical (unpaired) electrons. The Bertz CT molecular complexity index is 509. The van der Waals surface area contributed by atoms with Gasteiger partial charge in [-0.1, -0.05) is 11.6 Å². The highest BCUT2D eigenvalue weighted by molar-refractivity contribution is 6.31. The second-order valence-electron chi connectivity index (χ2n) is 4.30. The number of fused-ring (bicyclic) bond motifs is 1. The van der Waals surface area contributed by atoms with Crippen molar-refractivity contribution in [2.75, 3.05) is 6.61 Å². The van der Waals surface area contributed by atoms with Crippen molar-refractivity contribution in [2.24, 2.45) is 0 Å². The molecule has 3 nitrogen and oxygen atoms in total. The average molecular weight is 254 g/mol. The number of hydrogen-bond donors (Lipinski definition) is 2. The largest absolute Gasteiger partial charge is 0.459 e. The van der Waals surface area contributed by atoms with E-state index in [4.69, 9.17) is 21.1 Å². The van der Waals surface area contributed by atoms with Crippen molar-refractivity contribution in [1.82, 2.24) is 5.32 Å². The number of aliphatic hydroxyl groups is 1. The van der Waals surface area contributed by atoms with Crippen LogP contribution in [0.5, 0.6) is 0 Å². The van der Waals surface area contributed by atoms with Gasteiger partial charge in [-0.25, -0.2) is 0 Å². The molecule has 0 saturated carbocycles. The van der Waals surface area contributed by atoms with Crippen molar-refractivity contribution in [3.8, 4) is 0 Å². The number of aliphatic hydroxyl groups excluding tert-OH is 1. The minimum atomic E-state index is 0.0433. The van der Waals surface area contributed by atoms with Gasteiger partial charge in [0, 0.05) is 16.5 Å². The quantitative estimate of drug-likeness (QED) is 0.880. The summed E-state index contributed by atoms with van der Waals surface area (Å²) in [5.41, 5.74) is 0.828. The van der Waals surface area contributed by atoms with Gasteiger partial charge in [-0.05, 0) is 38.1 Å². The molecule has 0 aliphatic heterocycles. The second-order valence-corrected chi connectivity index (χ2v) is 4.74. The molecule has 0 saturated heterocycles. The second kappa shape index (κ2) is 5.08. The smallest absolute Gasteiger partial charge is 0.134 e.